The van der Waals surface area contributed by atoms with E-state index >= 15 is 0 Å². The van der Waals surface area contributed by atoms with Crippen LogP contribution in [0.15, 0.2) is 194 Å². The van der Waals surface area contributed by atoms with E-state index in [2.05, 4.69) is 175 Å². The predicted molar refractivity (Wildman–Crippen MR) is 286 cm³/mol. The molecule has 0 radical (unpaired) electrons. The lowest BCUT2D eigenvalue weighted by Gasteiger charge is -2.25. The molecule has 11 aromatic rings. The molecular weight excluding hydrogens is 866 g/mol. The highest BCUT2D eigenvalue weighted by atomic mass is 32.1. The molecule has 0 fully saturated rings. The fraction of sp³-hybridized carbons (Fsp3) is 0.0690. The molecule has 11 rings (SSSR count). The molecule has 6 nitrogen and oxygen atoms in total. The van der Waals surface area contributed by atoms with E-state index in [4.69, 9.17) is 9.97 Å². The number of nitriles is 2. The van der Waals surface area contributed by atoms with E-state index in [1.807, 2.05) is 60.7 Å². The van der Waals surface area contributed by atoms with Crippen molar-refractivity contribution in [3.8, 4) is 23.4 Å². The SMILES string of the molecule is Cc1cccc(-c2c3/c(=C(\C#N)c4nc5ccccc5s4)n(B(c4ccccc4)c4ccccc4)c(C(C)C)c3/c(=C(\C#N)c3nc4ccccc4s3)n2B(c2ccccc2)c2ccccc2)c1. The maximum atomic E-state index is 12.0. The van der Waals surface area contributed by atoms with E-state index in [-0.39, 0.29) is 12.8 Å². The van der Waals surface area contributed by atoms with Gasteiger partial charge >= 0.3 is 13.7 Å². The molecule has 0 amide bonds. The molecule has 0 saturated heterocycles. The topological polar surface area (TPSA) is 83.2 Å². The maximum Gasteiger partial charge on any atom is 0.328 e. The van der Waals surface area contributed by atoms with E-state index in [1.54, 1.807) is 0 Å². The maximum absolute atomic E-state index is 12.0. The molecule has 0 aliphatic rings. The first-order valence-corrected chi connectivity index (χ1v) is 24.4. The van der Waals surface area contributed by atoms with Crippen LogP contribution in [-0.4, -0.2) is 32.6 Å². The van der Waals surface area contributed by atoms with Crippen LogP contribution in [0, 0.1) is 29.6 Å². The van der Waals surface area contributed by atoms with Crippen LogP contribution < -0.4 is 32.5 Å². The third-order valence-electron chi connectivity index (χ3n) is 12.7. The molecule has 0 spiro atoms. The van der Waals surface area contributed by atoms with E-state index in [9.17, 15) is 10.5 Å². The summed E-state index contributed by atoms with van der Waals surface area (Å²) in [6.07, 6.45) is 0. The van der Waals surface area contributed by atoms with Crippen LogP contribution in [0.1, 0.15) is 41.0 Å². The lowest BCUT2D eigenvalue weighted by Crippen LogP contribution is -2.54. The zero-order valence-corrected chi connectivity index (χ0v) is 39.3. The minimum atomic E-state index is -0.415. The smallest absolute Gasteiger partial charge is 0.328 e. The Morgan fingerprint density at radius 3 is 1.32 bits per heavy atom. The van der Waals surface area contributed by atoms with Crippen molar-refractivity contribution in [3.63, 3.8) is 0 Å². The number of benzene rings is 7. The summed E-state index contributed by atoms with van der Waals surface area (Å²) >= 11 is 3.06. The van der Waals surface area contributed by atoms with Crippen LogP contribution in [-0.2, 0) is 0 Å². The van der Waals surface area contributed by atoms with E-state index in [1.165, 1.54) is 22.7 Å². The first-order chi connectivity index (χ1) is 33.4. The Bertz CT molecular complexity index is 3640. The zero-order chi connectivity index (χ0) is 46.3. The van der Waals surface area contributed by atoms with Gasteiger partial charge in [0.1, 0.15) is 33.3 Å². The van der Waals surface area contributed by atoms with Gasteiger partial charge < -0.3 is 8.96 Å². The first kappa shape index (κ1) is 42.6. The van der Waals surface area contributed by atoms with Gasteiger partial charge in [-0.1, -0.05) is 205 Å². The summed E-state index contributed by atoms with van der Waals surface area (Å²) in [7, 11) is 0. The summed E-state index contributed by atoms with van der Waals surface area (Å²) in [6, 6.07) is 72.7. The highest BCUT2D eigenvalue weighted by molar-refractivity contribution is 7.20. The number of hydrogen-bond donors (Lipinski definition) is 0. The number of aromatic nitrogens is 4. The highest BCUT2D eigenvalue weighted by Crippen LogP contribution is 2.37. The number of nitrogens with zero attached hydrogens (tertiary/aromatic N) is 6. The Balaban J connectivity index is 1.50. The molecule has 0 saturated carbocycles. The second-order valence-electron chi connectivity index (χ2n) is 17.3. The Labute approximate surface area is 403 Å². The van der Waals surface area contributed by atoms with Crippen molar-refractivity contribution < 1.29 is 0 Å². The van der Waals surface area contributed by atoms with Gasteiger partial charge in [0, 0.05) is 22.2 Å². The van der Waals surface area contributed by atoms with E-state index < -0.39 is 6.85 Å². The Kier molecular flexibility index (Phi) is 11.3. The van der Waals surface area contributed by atoms with Crippen molar-refractivity contribution in [1.82, 2.24) is 18.9 Å². The number of aryl methyl sites for hydroxylation is 1. The highest BCUT2D eigenvalue weighted by Gasteiger charge is 2.37. The number of fused-ring (bicyclic) bond motifs is 3. The van der Waals surface area contributed by atoms with Gasteiger partial charge in [0.2, 0.25) is 0 Å². The summed E-state index contributed by atoms with van der Waals surface area (Å²) in [5.41, 5.74) is 10.8. The zero-order valence-electron chi connectivity index (χ0n) is 37.7. The van der Waals surface area contributed by atoms with Crippen molar-refractivity contribution >= 4 is 101 Å². The normalized spacial score (nSPS) is 12.3. The van der Waals surface area contributed by atoms with Crippen molar-refractivity contribution in [2.24, 2.45) is 0 Å². The molecule has 0 unspecified atom stereocenters. The summed E-state index contributed by atoms with van der Waals surface area (Å²) in [5, 5.41) is 28.5. The lowest BCUT2D eigenvalue weighted by atomic mass is 9.50. The van der Waals surface area contributed by atoms with Gasteiger partial charge in [-0.05, 0) is 48.7 Å². The number of rotatable bonds is 10. The van der Waals surface area contributed by atoms with Crippen molar-refractivity contribution in [2.45, 2.75) is 26.7 Å². The lowest BCUT2D eigenvalue weighted by molar-refractivity contribution is 0.810. The summed E-state index contributed by atoms with van der Waals surface area (Å²) in [6.45, 7) is 5.79. The van der Waals surface area contributed by atoms with Gasteiger partial charge in [-0.3, -0.25) is 0 Å². The average Bonchev–Trinajstić information content (AvgIpc) is 4.16. The van der Waals surface area contributed by atoms with Gasteiger partial charge in [0.15, 0.2) is 0 Å². The van der Waals surface area contributed by atoms with Gasteiger partial charge in [-0.25, -0.2) is 9.97 Å². The molecule has 4 aromatic heterocycles. The minimum Gasteiger partial charge on any atom is -0.378 e. The summed E-state index contributed by atoms with van der Waals surface area (Å²) in [4.78, 5) is 10.5. The van der Waals surface area contributed by atoms with Crippen LogP contribution in [0.2, 0.25) is 0 Å². The molecule has 4 heterocycles. The molecule has 7 aromatic carbocycles. The molecule has 0 N–H and O–H groups in total. The molecule has 0 bridgehead atoms. The molecule has 0 aliphatic carbocycles. The molecule has 0 aliphatic heterocycles. The Morgan fingerprint density at radius 2 is 0.912 bits per heavy atom. The molecule has 0 atom stereocenters. The molecular formula is C58H42B2N6S2. The quantitative estimate of drug-likeness (QED) is 0.128. The third kappa shape index (κ3) is 7.36. The predicted octanol–water partition coefficient (Wildman–Crippen LogP) is 9.51. The summed E-state index contributed by atoms with van der Waals surface area (Å²) < 4.78 is 6.82. The third-order valence-corrected chi connectivity index (χ3v) is 14.8. The second-order valence-corrected chi connectivity index (χ2v) is 19.4. The first-order valence-electron chi connectivity index (χ1n) is 22.8. The fourth-order valence-corrected chi connectivity index (χ4v) is 11.9. The van der Waals surface area contributed by atoms with Crippen molar-refractivity contribution in [2.75, 3.05) is 0 Å². The Morgan fingerprint density at radius 1 is 0.500 bits per heavy atom. The van der Waals surface area contributed by atoms with Gasteiger partial charge in [-0.15, -0.1) is 22.7 Å². The Hall–Kier alpha value is -8.01. The minimum absolute atomic E-state index is 0.112. The number of hydrogen-bond acceptors (Lipinski definition) is 6. The molecule has 10 heteroatoms. The molecule has 68 heavy (non-hydrogen) atoms. The van der Waals surface area contributed by atoms with Crippen LogP contribution in [0.5, 0.6) is 0 Å². The standard InChI is InChI=1S/C58H42B2N6S2/c1-38(2)53-51-52(56(46(37-62)58-64-48-32-17-19-34-50(48)68-58)65(53)59(41-23-8-4-9-24-41)42-25-10-5-11-26-42)54(40-22-20-21-39(3)35-40)66(60(43-27-12-6-13-28-43)44-29-14-7-15-30-44)55(51)45(36-61)57-63-47-31-16-18-33-49(47)67-57/h4-35,38H,1-3H3/b55-45-,56-46-. The van der Waals surface area contributed by atoms with Gasteiger partial charge in [-0.2, -0.15) is 10.5 Å². The van der Waals surface area contributed by atoms with Crippen LogP contribution in [0.4, 0.5) is 0 Å². The van der Waals surface area contributed by atoms with E-state index in [0.29, 0.717) is 21.2 Å². The van der Waals surface area contributed by atoms with Gasteiger partial charge in [0.05, 0.1) is 31.1 Å². The van der Waals surface area contributed by atoms with Gasteiger partial charge in [0.25, 0.3) is 0 Å². The van der Waals surface area contributed by atoms with Crippen molar-refractivity contribution in [3.05, 3.63) is 226 Å². The molecule has 322 valence electrons. The van der Waals surface area contributed by atoms with Crippen LogP contribution in [0.25, 0.3) is 53.6 Å². The monoisotopic (exact) mass is 908 g/mol. The second kappa shape index (κ2) is 18.0. The summed E-state index contributed by atoms with van der Waals surface area (Å²) in [5.74, 6) is -0.112. The van der Waals surface area contributed by atoms with Crippen molar-refractivity contribution in [1.29, 1.82) is 10.5 Å². The van der Waals surface area contributed by atoms with Crippen LogP contribution >= 0.6 is 22.7 Å². The largest absolute Gasteiger partial charge is 0.378 e. The number of thiazole rings is 2. The average molecular weight is 909 g/mol. The fourth-order valence-electron chi connectivity index (χ4n) is 9.98. The van der Waals surface area contributed by atoms with E-state index in [0.717, 1.165) is 86.3 Å². The van der Waals surface area contributed by atoms with Crippen LogP contribution in [0.3, 0.4) is 0 Å². The number of para-hydroxylation sites is 2.